The van der Waals surface area contributed by atoms with E-state index in [0.717, 1.165) is 45.2 Å². The van der Waals surface area contributed by atoms with Gasteiger partial charge >= 0.3 is 12.4 Å². The highest BCUT2D eigenvalue weighted by Gasteiger charge is 2.37. The third-order valence-electron chi connectivity index (χ3n) is 6.95. The van der Waals surface area contributed by atoms with E-state index in [4.69, 9.17) is 4.98 Å². The fourth-order valence-corrected chi connectivity index (χ4v) is 5.15. The number of fused-ring (bicyclic) bond motifs is 1. The molecule has 1 saturated carbocycles. The molecule has 5 rings (SSSR count). The summed E-state index contributed by atoms with van der Waals surface area (Å²) in [4.78, 5) is 13.7. The fraction of sp³-hybridized carbons (Fsp3) is 0.542. The van der Waals surface area contributed by atoms with Crippen molar-refractivity contribution in [1.82, 2.24) is 24.8 Å². The maximum Gasteiger partial charge on any atom is 0.416 e. The topological polar surface area (TPSA) is 67.7 Å². The van der Waals surface area contributed by atoms with Crippen molar-refractivity contribution < 1.29 is 26.3 Å². The lowest BCUT2D eigenvalue weighted by Crippen LogP contribution is -2.30. The van der Waals surface area contributed by atoms with E-state index in [9.17, 15) is 26.3 Å². The van der Waals surface area contributed by atoms with Gasteiger partial charge in [0.15, 0.2) is 5.65 Å². The van der Waals surface area contributed by atoms with E-state index in [2.05, 4.69) is 20.6 Å². The Hall–Kier alpha value is -2.89. The van der Waals surface area contributed by atoms with Gasteiger partial charge in [0.1, 0.15) is 11.3 Å². The van der Waals surface area contributed by atoms with Gasteiger partial charge in [-0.3, -0.25) is 4.57 Å². The van der Waals surface area contributed by atoms with Gasteiger partial charge in [-0.05, 0) is 50.0 Å². The molecule has 3 heterocycles. The molecule has 1 aliphatic carbocycles. The Morgan fingerprint density at radius 3 is 2.14 bits per heavy atom. The van der Waals surface area contributed by atoms with Crippen LogP contribution in [0.4, 0.5) is 38.0 Å². The van der Waals surface area contributed by atoms with Crippen molar-refractivity contribution in [3.63, 3.8) is 0 Å². The van der Waals surface area contributed by atoms with Crippen molar-refractivity contribution in [3.8, 4) is 0 Å². The van der Waals surface area contributed by atoms with E-state index in [-0.39, 0.29) is 23.7 Å². The van der Waals surface area contributed by atoms with E-state index in [1.807, 2.05) is 4.57 Å². The molecule has 0 bridgehead atoms. The molecule has 0 radical (unpaired) electrons. The largest absolute Gasteiger partial charge is 0.416 e. The maximum atomic E-state index is 13.4. The van der Waals surface area contributed by atoms with Crippen LogP contribution in [0.5, 0.6) is 0 Å². The van der Waals surface area contributed by atoms with Crippen LogP contribution in [-0.4, -0.2) is 32.6 Å². The van der Waals surface area contributed by atoms with Gasteiger partial charge in [-0.2, -0.15) is 26.3 Å². The fourth-order valence-electron chi connectivity index (χ4n) is 5.15. The lowest BCUT2D eigenvalue weighted by molar-refractivity contribution is -0.143. The number of halogens is 6. The molecule has 2 aromatic heterocycles. The second-order valence-electron chi connectivity index (χ2n) is 9.56. The van der Waals surface area contributed by atoms with E-state index in [1.165, 1.54) is 12.8 Å². The van der Waals surface area contributed by atoms with Gasteiger partial charge in [-0.1, -0.05) is 25.7 Å². The van der Waals surface area contributed by atoms with Crippen LogP contribution in [0.1, 0.15) is 61.5 Å². The Labute approximate surface area is 203 Å². The number of alkyl halides is 6. The normalized spacial score (nSPS) is 18.3. The number of piperidine rings is 1. The van der Waals surface area contributed by atoms with Crippen molar-refractivity contribution in [2.75, 3.05) is 18.4 Å². The van der Waals surface area contributed by atoms with Gasteiger partial charge < -0.3 is 10.6 Å². The molecule has 0 spiro atoms. The van der Waals surface area contributed by atoms with Crippen LogP contribution in [0.25, 0.3) is 11.2 Å². The second-order valence-corrected chi connectivity index (χ2v) is 9.56. The molecule has 1 saturated heterocycles. The highest BCUT2D eigenvalue weighted by atomic mass is 19.4. The number of aromatic nitrogens is 4. The minimum absolute atomic E-state index is 0.0686. The number of hydrogen-bond acceptors (Lipinski definition) is 5. The number of anilines is 2. The van der Waals surface area contributed by atoms with Crippen molar-refractivity contribution in [2.45, 2.75) is 63.3 Å². The van der Waals surface area contributed by atoms with Gasteiger partial charge in [0.2, 0.25) is 5.95 Å². The first-order valence-electron chi connectivity index (χ1n) is 12.1. The first-order valence-corrected chi connectivity index (χ1v) is 12.1. The molecule has 36 heavy (non-hydrogen) atoms. The molecule has 0 unspecified atom stereocenters. The summed E-state index contributed by atoms with van der Waals surface area (Å²) in [5.41, 5.74) is -2.14. The molecule has 0 atom stereocenters. The van der Waals surface area contributed by atoms with Gasteiger partial charge in [-0.25, -0.2) is 15.0 Å². The first kappa shape index (κ1) is 24.8. The zero-order chi connectivity index (χ0) is 25.5. The summed E-state index contributed by atoms with van der Waals surface area (Å²) < 4.78 is 82.1. The molecule has 0 amide bonds. The molecule has 3 aromatic rings. The summed E-state index contributed by atoms with van der Waals surface area (Å²) in [6.07, 6.45) is -1.49. The molecule has 2 fully saturated rings. The van der Waals surface area contributed by atoms with Crippen molar-refractivity contribution in [3.05, 3.63) is 41.3 Å². The number of nitrogens with zero attached hydrogens (tertiary/aromatic N) is 4. The lowest BCUT2D eigenvalue weighted by atomic mass is 10.0. The predicted octanol–water partition coefficient (Wildman–Crippen LogP) is 6.26. The number of rotatable bonds is 5. The molecule has 1 aliphatic heterocycles. The Bertz CT molecular complexity index is 1190. The summed E-state index contributed by atoms with van der Waals surface area (Å²) >= 11 is 0. The zero-order valence-corrected chi connectivity index (χ0v) is 19.4. The Balaban J connectivity index is 1.57. The van der Waals surface area contributed by atoms with Crippen LogP contribution in [0.3, 0.4) is 0 Å². The lowest BCUT2D eigenvalue weighted by Gasteiger charge is -2.26. The molecule has 194 valence electrons. The molecule has 6 nitrogen and oxygen atoms in total. The van der Waals surface area contributed by atoms with Crippen LogP contribution in [-0.2, 0) is 18.8 Å². The minimum Gasteiger partial charge on any atom is -0.326 e. The predicted molar refractivity (Wildman–Crippen MR) is 122 cm³/mol. The van der Waals surface area contributed by atoms with E-state index < -0.39 is 23.5 Å². The third kappa shape index (κ3) is 5.28. The highest BCUT2D eigenvalue weighted by Crippen LogP contribution is 2.39. The Kier molecular flexibility index (Phi) is 6.56. The molecule has 1 aromatic carbocycles. The Morgan fingerprint density at radius 2 is 1.53 bits per heavy atom. The minimum atomic E-state index is -4.94. The van der Waals surface area contributed by atoms with E-state index in [1.54, 1.807) is 6.20 Å². The van der Waals surface area contributed by atoms with Crippen LogP contribution in [0.2, 0.25) is 0 Å². The maximum absolute atomic E-state index is 13.4. The van der Waals surface area contributed by atoms with Crippen LogP contribution < -0.4 is 10.6 Å². The summed E-state index contributed by atoms with van der Waals surface area (Å²) in [5, 5.41) is 6.01. The number of nitrogens with one attached hydrogen (secondary N) is 2. The van der Waals surface area contributed by atoms with E-state index in [0.29, 0.717) is 35.0 Å². The average molecular weight is 513 g/mol. The monoisotopic (exact) mass is 512 g/mol. The van der Waals surface area contributed by atoms with Gasteiger partial charge in [-0.15, -0.1) is 0 Å². The number of hydrogen-bond donors (Lipinski definition) is 2. The standard InChI is InChI=1S/C24H26F6N6/c25-23(26,27)15-10-16(24(28,29)30)12-17(11-15)33-22-34-19-13-32-20(9-14-3-1-2-4-14)35-21(19)36(22)18-5-7-31-8-6-18/h10-14,18,31H,1-9H2,(H,33,34). The third-order valence-corrected chi connectivity index (χ3v) is 6.95. The SMILES string of the molecule is FC(F)(F)c1cc(Nc2nc3cnc(CC4CCCC4)nc3n2C2CCNCC2)cc(C(F)(F)F)c1. The summed E-state index contributed by atoms with van der Waals surface area (Å²) in [5.74, 6) is 1.34. The van der Waals surface area contributed by atoms with Crippen molar-refractivity contribution in [1.29, 1.82) is 0 Å². The van der Waals surface area contributed by atoms with Crippen LogP contribution in [0.15, 0.2) is 24.4 Å². The van der Waals surface area contributed by atoms with Gasteiger partial charge in [0.05, 0.1) is 17.3 Å². The summed E-state index contributed by atoms with van der Waals surface area (Å²) in [7, 11) is 0. The molecule has 12 heteroatoms. The summed E-state index contributed by atoms with van der Waals surface area (Å²) in [6, 6.07) is 1.37. The molecule has 2 aliphatic rings. The van der Waals surface area contributed by atoms with Crippen molar-refractivity contribution >= 4 is 22.8 Å². The zero-order valence-electron chi connectivity index (χ0n) is 19.4. The highest BCUT2D eigenvalue weighted by molar-refractivity contribution is 5.75. The van der Waals surface area contributed by atoms with E-state index >= 15 is 0 Å². The van der Waals surface area contributed by atoms with Crippen molar-refractivity contribution in [2.24, 2.45) is 5.92 Å². The van der Waals surface area contributed by atoms with Crippen LogP contribution >= 0.6 is 0 Å². The smallest absolute Gasteiger partial charge is 0.326 e. The number of imidazole rings is 1. The van der Waals surface area contributed by atoms with Crippen LogP contribution in [0, 0.1) is 5.92 Å². The molecule has 2 N–H and O–H groups in total. The number of benzene rings is 1. The first-order chi connectivity index (χ1) is 17.1. The molecular formula is C24H26F6N6. The van der Waals surface area contributed by atoms with Gasteiger partial charge in [0.25, 0.3) is 0 Å². The second kappa shape index (κ2) is 9.53. The quantitative estimate of drug-likeness (QED) is 0.395. The summed E-state index contributed by atoms with van der Waals surface area (Å²) in [6.45, 7) is 1.46. The molecular weight excluding hydrogens is 486 g/mol. The van der Waals surface area contributed by atoms with Gasteiger partial charge in [0, 0.05) is 18.2 Å². The Morgan fingerprint density at radius 1 is 0.889 bits per heavy atom. The average Bonchev–Trinajstić information content (AvgIpc) is 3.45.